The molecule has 0 spiro atoms. The first-order valence-electron chi connectivity index (χ1n) is 8.15. The van der Waals surface area contributed by atoms with Crippen LogP contribution >= 0.6 is 0 Å². The van der Waals surface area contributed by atoms with Crippen LogP contribution in [0.3, 0.4) is 0 Å². The number of fused-ring (bicyclic) bond motifs is 3. The van der Waals surface area contributed by atoms with E-state index in [9.17, 15) is 0 Å². The van der Waals surface area contributed by atoms with E-state index >= 15 is 0 Å². The first kappa shape index (κ1) is 13.6. The number of aryl methyl sites for hydroxylation is 1. The summed E-state index contributed by atoms with van der Waals surface area (Å²) in [5.74, 6) is 2.88. The average molecular weight is 296 g/mol. The molecule has 2 aromatic heterocycles. The highest BCUT2D eigenvalue weighted by atomic mass is 15.3. The predicted octanol–water partition coefficient (Wildman–Crippen LogP) is 1.40. The van der Waals surface area contributed by atoms with Gasteiger partial charge < -0.3 is 4.90 Å². The standard InChI is InChI=1S/C17H21N5/c1-12-7-9-21(10-8-12)11-16-19-20-17-14-5-3-4-6-15(14)18-13(2)22(16)17/h3-6,12H,7-11H2,1-2H3/p+1. The van der Waals surface area contributed by atoms with Crippen LogP contribution in [0.4, 0.5) is 0 Å². The summed E-state index contributed by atoms with van der Waals surface area (Å²) in [6.07, 6.45) is 2.62. The van der Waals surface area contributed by atoms with E-state index < -0.39 is 0 Å². The Bertz CT molecular complexity index is 814. The number of aromatic nitrogens is 4. The summed E-state index contributed by atoms with van der Waals surface area (Å²) in [7, 11) is 0. The quantitative estimate of drug-likeness (QED) is 0.777. The van der Waals surface area contributed by atoms with Crippen LogP contribution in [0, 0.1) is 12.8 Å². The molecule has 0 saturated carbocycles. The Morgan fingerprint density at radius 2 is 1.95 bits per heavy atom. The van der Waals surface area contributed by atoms with Crippen molar-refractivity contribution in [2.75, 3.05) is 13.1 Å². The van der Waals surface area contributed by atoms with E-state index in [0.29, 0.717) is 0 Å². The first-order valence-corrected chi connectivity index (χ1v) is 8.15. The zero-order valence-corrected chi connectivity index (χ0v) is 13.2. The fourth-order valence-corrected chi connectivity index (χ4v) is 3.50. The molecule has 114 valence electrons. The summed E-state index contributed by atoms with van der Waals surface area (Å²) in [5, 5.41) is 10.00. The van der Waals surface area contributed by atoms with E-state index in [4.69, 9.17) is 4.98 Å². The molecule has 3 aromatic rings. The van der Waals surface area contributed by atoms with Crippen LogP contribution in [0.2, 0.25) is 0 Å². The van der Waals surface area contributed by atoms with Crippen molar-refractivity contribution in [2.24, 2.45) is 5.92 Å². The maximum atomic E-state index is 4.72. The number of quaternary nitrogens is 1. The second-order valence-electron chi connectivity index (χ2n) is 6.56. The highest BCUT2D eigenvalue weighted by Crippen LogP contribution is 2.18. The third-order valence-corrected chi connectivity index (χ3v) is 4.87. The van der Waals surface area contributed by atoms with Gasteiger partial charge in [-0.05, 0) is 37.8 Å². The molecule has 0 unspecified atom stereocenters. The van der Waals surface area contributed by atoms with Gasteiger partial charge in [0.1, 0.15) is 12.4 Å². The molecule has 0 amide bonds. The van der Waals surface area contributed by atoms with Crippen LogP contribution in [-0.2, 0) is 6.54 Å². The summed E-state index contributed by atoms with van der Waals surface area (Å²) in [6.45, 7) is 7.80. The minimum absolute atomic E-state index is 0.867. The highest BCUT2D eigenvalue weighted by Gasteiger charge is 2.22. The van der Waals surface area contributed by atoms with Crippen LogP contribution in [0.5, 0.6) is 0 Å². The minimum Gasteiger partial charge on any atom is -0.329 e. The van der Waals surface area contributed by atoms with Gasteiger partial charge in [-0.2, -0.15) is 0 Å². The van der Waals surface area contributed by atoms with Crippen molar-refractivity contribution in [1.82, 2.24) is 19.6 Å². The molecule has 5 nitrogen and oxygen atoms in total. The van der Waals surface area contributed by atoms with Gasteiger partial charge in [0, 0.05) is 5.39 Å². The topological polar surface area (TPSA) is 47.5 Å². The fourth-order valence-electron chi connectivity index (χ4n) is 3.50. The molecule has 1 fully saturated rings. The first-order chi connectivity index (χ1) is 10.7. The number of nitrogens with zero attached hydrogens (tertiary/aromatic N) is 4. The maximum Gasteiger partial charge on any atom is 0.194 e. The Kier molecular flexibility index (Phi) is 3.30. The Balaban J connectivity index is 1.74. The van der Waals surface area contributed by atoms with E-state index in [1.807, 2.05) is 25.1 Å². The molecule has 0 atom stereocenters. The number of nitrogens with one attached hydrogen (secondary N) is 1. The molecule has 1 aliphatic heterocycles. The van der Waals surface area contributed by atoms with Crippen molar-refractivity contribution in [3.05, 3.63) is 35.9 Å². The highest BCUT2D eigenvalue weighted by molar-refractivity contribution is 5.91. The van der Waals surface area contributed by atoms with Crippen molar-refractivity contribution >= 4 is 16.6 Å². The van der Waals surface area contributed by atoms with Crippen LogP contribution in [0.25, 0.3) is 16.6 Å². The van der Waals surface area contributed by atoms with Crippen LogP contribution in [-0.4, -0.2) is 32.7 Å². The lowest BCUT2D eigenvalue weighted by atomic mass is 9.99. The lowest BCUT2D eigenvalue weighted by Crippen LogP contribution is -3.11. The van der Waals surface area contributed by atoms with Crippen molar-refractivity contribution in [3.8, 4) is 0 Å². The zero-order chi connectivity index (χ0) is 15.1. The number of hydrogen-bond donors (Lipinski definition) is 1. The third kappa shape index (κ3) is 2.25. The van der Waals surface area contributed by atoms with E-state index in [1.165, 1.54) is 25.9 Å². The van der Waals surface area contributed by atoms with Gasteiger partial charge >= 0.3 is 0 Å². The summed E-state index contributed by atoms with van der Waals surface area (Å²) >= 11 is 0. The summed E-state index contributed by atoms with van der Waals surface area (Å²) in [6, 6.07) is 8.16. The van der Waals surface area contributed by atoms with Crippen LogP contribution in [0.1, 0.15) is 31.4 Å². The molecule has 3 heterocycles. The van der Waals surface area contributed by atoms with E-state index in [-0.39, 0.29) is 0 Å². The molecule has 0 bridgehead atoms. The summed E-state index contributed by atoms with van der Waals surface area (Å²) < 4.78 is 2.13. The number of rotatable bonds is 2. The van der Waals surface area contributed by atoms with Crippen molar-refractivity contribution in [2.45, 2.75) is 33.2 Å². The molecule has 4 rings (SSSR count). The van der Waals surface area contributed by atoms with Gasteiger partial charge in [-0.25, -0.2) is 4.98 Å². The van der Waals surface area contributed by atoms with E-state index in [1.54, 1.807) is 4.90 Å². The molecular weight excluding hydrogens is 274 g/mol. The third-order valence-electron chi connectivity index (χ3n) is 4.87. The molecule has 0 aliphatic carbocycles. The van der Waals surface area contributed by atoms with Gasteiger partial charge in [-0.3, -0.25) is 4.40 Å². The summed E-state index contributed by atoms with van der Waals surface area (Å²) in [5.41, 5.74) is 1.92. The molecule has 1 N–H and O–H groups in total. The van der Waals surface area contributed by atoms with Gasteiger partial charge in [0.05, 0.1) is 18.6 Å². The Morgan fingerprint density at radius 3 is 2.77 bits per heavy atom. The SMILES string of the molecule is Cc1nc2ccccc2c2nnc(C[NH+]3CCC(C)CC3)n12. The van der Waals surface area contributed by atoms with E-state index in [2.05, 4.69) is 27.6 Å². The second-order valence-corrected chi connectivity index (χ2v) is 6.56. The lowest BCUT2D eigenvalue weighted by molar-refractivity contribution is -0.920. The maximum absolute atomic E-state index is 4.72. The number of likely N-dealkylation sites (tertiary alicyclic amines) is 1. The lowest BCUT2D eigenvalue weighted by Gasteiger charge is -2.26. The van der Waals surface area contributed by atoms with E-state index in [0.717, 1.165) is 40.7 Å². The Hall–Kier alpha value is -2.01. The number of para-hydroxylation sites is 1. The molecule has 5 heteroatoms. The van der Waals surface area contributed by atoms with Crippen molar-refractivity contribution in [1.29, 1.82) is 0 Å². The van der Waals surface area contributed by atoms with Crippen LogP contribution in [0.15, 0.2) is 24.3 Å². The zero-order valence-electron chi connectivity index (χ0n) is 13.2. The predicted molar refractivity (Wildman–Crippen MR) is 85.8 cm³/mol. The van der Waals surface area contributed by atoms with Gasteiger partial charge in [-0.15, -0.1) is 10.2 Å². The number of benzene rings is 1. The monoisotopic (exact) mass is 296 g/mol. The molecule has 1 saturated heterocycles. The van der Waals surface area contributed by atoms with Gasteiger partial charge in [-0.1, -0.05) is 19.1 Å². The van der Waals surface area contributed by atoms with Crippen LogP contribution < -0.4 is 4.90 Å². The van der Waals surface area contributed by atoms with Gasteiger partial charge in [0.15, 0.2) is 11.5 Å². The normalized spacial score (nSPS) is 22.5. The second kappa shape index (κ2) is 5.32. The minimum atomic E-state index is 0.867. The summed E-state index contributed by atoms with van der Waals surface area (Å²) in [4.78, 5) is 6.33. The Morgan fingerprint density at radius 1 is 1.18 bits per heavy atom. The molecule has 22 heavy (non-hydrogen) atoms. The van der Waals surface area contributed by atoms with Gasteiger partial charge in [0.2, 0.25) is 0 Å². The van der Waals surface area contributed by atoms with Gasteiger partial charge in [0.25, 0.3) is 0 Å². The van der Waals surface area contributed by atoms with Crippen molar-refractivity contribution in [3.63, 3.8) is 0 Å². The molecular formula is C17H22N5+. The molecule has 0 radical (unpaired) electrons. The molecule has 1 aliphatic rings. The number of hydrogen-bond acceptors (Lipinski definition) is 3. The largest absolute Gasteiger partial charge is 0.329 e. The number of piperidine rings is 1. The average Bonchev–Trinajstić information content (AvgIpc) is 2.94. The Labute approximate surface area is 130 Å². The fraction of sp³-hybridized carbons (Fsp3) is 0.471. The smallest absolute Gasteiger partial charge is 0.194 e. The molecule has 1 aromatic carbocycles. The van der Waals surface area contributed by atoms with Crippen molar-refractivity contribution < 1.29 is 4.90 Å².